The largest absolute Gasteiger partial charge is 0.348 e. The van der Waals surface area contributed by atoms with Crippen LogP contribution in [0.3, 0.4) is 0 Å². The lowest BCUT2D eigenvalue weighted by Gasteiger charge is -2.37. The molecule has 4 rings (SSSR count). The monoisotopic (exact) mass is 381 g/mol. The first-order valence-electron chi connectivity index (χ1n) is 9.19. The number of amides is 2. The van der Waals surface area contributed by atoms with Crippen molar-refractivity contribution in [3.8, 4) is 0 Å². The topological polar surface area (TPSA) is 37.3 Å². The van der Waals surface area contributed by atoms with Crippen LogP contribution in [-0.4, -0.2) is 22.0 Å². The summed E-state index contributed by atoms with van der Waals surface area (Å²) in [5, 5.41) is 2.94. The van der Waals surface area contributed by atoms with Crippen molar-refractivity contribution >= 4 is 11.7 Å². The molecule has 6 heteroatoms. The first kappa shape index (κ1) is 18.2. The first-order chi connectivity index (χ1) is 13.4. The number of nitrogens with one attached hydrogen (secondary N) is 1. The third-order valence-electron chi connectivity index (χ3n) is 5.32. The van der Waals surface area contributed by atoms with Gasteiger partial charge < -0.3 is 14.8 Å². The number of hydrogen-bond acceptors (Lipinski definition) is 1. The summed E-state index contributed by atoms with van der Waals surface area (Å²) in [5.74, 6) is -1.82. The van der Waals surface area contributed by atoms with Crippen molar-refractivity contribution in [2.45, 2.75) is 26.4 Å². The summed E-state index contributed by atoms with van der Waals surface area (Å²) in [6.07, 6.45) is 1.93. The summed E-state index contributed by atoms with van der Waals surface area (Å²) >= 11 is 0. The maximum absolute atomic E-state index is 13.9. The summed E-state index contributed by atoms with van der Waals surface area (Å²) in [5.41, 5.74) is 4.34. The molecule has 0 radical (unpaired) electrons. The van der Waals surface area contributed by atoms with E-state index in [1.54, 1.807) is 4.90 Å². The second-order valence-corrected chi connectivity index (χ2v) is 7.13. The molecule has 0 fully saturated rings. The van der Waals surface area contributed by atoms with E-state index in [1.807, 2.05) is 54.9 Å². The van der Waals surface area contributed by atoms with Gasteiger partial charge in [-0.15, -0.1) is 0 Å². The molecule has 1 aliphatic heterocycles. The number of anilines is 1. The Morgan fingerprint density at radius 1 is 1.00 bits per heavy atom. The Kier molecular flexibility index (Phi) is 4.63. The summed E-state index contributed by atoms with van der Waals surface area (Å²) in [6, 6.07) is 12.6. The van der Waals surface area contributed by atoms with Crippen LogP contribution in [0.25, 0.3) is 0 Å². The fourth-order valence-electron chi connectivity index (χ4n) is 3.65. The number of urea groups is 1. The van der Waals surface area contributed by atoms with Gasteiger partial charge in [-0.3, -0.25) is 0 Å². The average molecular weight is 381 g/mol. The first-order valence-corrected chi connectivity index (χ1v) is 9.19. The molecule has 1 aliphatic rings. The number of carbonyl (C=O) groups is 1. The molecule has 1 unspecified atom stereocenters. The number of benzene rings is 2. The standard InChI is InChI=1S/C22H21F2N3O/c1-14-5-7-17(12-15(14)2)25-22(28)27-11-10-26-9-3-4-20(26)21(27)16-6-8-18(23)19(24)13-16/h3-9,12-13,21H,10-11H2,1-2H3,(H,25,28). The number of halogens is 2. The third kappa shape index (κ3) is 3.26. The number of carbonyl (C=O) groups excluding carboxylic acids is 1. The molecule has 0 saturated carbocycles. The van der Waals surface area contributed by atoms with Crippen LogP contribution in [0.2, 0.25) is 0 Å². The molecule has 0 aliphatic carbocycles. The fourth-order valence-corrected chi connectivity index (χ4v) is 3.65. The maximum atomic E-state index is 13.9. The van der Waals surface area contributed by atoms with Gasteiger partial charge in [-0.25, -0.2) is 13.6 Å². The summed E-state index contributed by atoms with van der Waals surface area (Å²) < 4.78 is 29.4. The number of nitrogens with zero attached hydrogens (tertiary/aromatic N) is 2. The second-order valence-electron chi connectivity index (χ2n) is 7.13. The van der Waals surface area contributed by atoms with Crippen molar-refractivity contribution in [2.75, 3.05) is 11.9 Å². The summed E-state index contributed by atoms with van der Waals surface area (Å²) in [7, 11) is 0. The van der Waals surface area contributed by atoms with Gasteiger partial charge in [0.25, 0.3) is 0 Å². The zero-order valence-corrected chi connectivity index (χ0v) is 15.7. The Morgan fingerprint density at radius 3 is 2.57 bits per heavy atom. The van der Waals surface area contributed by atoms with Crippen molar-refractivity contribution in [1.29, 1.82) is 0 Å². The van der Waals surface area contributed by atoms with E-state index in [4.69, 9.17) is 0 Å². The van der Waals surface area contributed by atoms with Gasteiger partial charge in [-0.2, -0.15) is 0 Å². The normalized spacial score (nSPS) is 16.0. The number of aromatic nitrogens is 1. The highest BCUT2D eigenvalue weighted by Crippen LogP contribution is 2.33. The van der Waals surface area contributed by atoms with E-state index in [1.165, 1.54) is 12.1 Å². The molecule has 2 aromatic carbocycles. The van der Waals surface area contributed by atoms with Crippen molar-refractivity contribution in [2.24, 2.45) is 0 Å². The van der Waals surface area contributed by atoms with E-state index in [9.17, 15) is 13.6 Å². The van der Waals surface area contributed by atoms with Gasteiger partial charge in [-0.1, -0.05) is 12.1 Å². The lowest BCUT2D eigenvalue weighted by Crippen LogP contribution is -2.44. The molecule has 0 saturated heterocycles. The molecule has 2 amide bonds. The van der Waals surface area contributed by atoms with E-state index in [0.29, 0.717) is 24.3 Å². The average Bonchev–Trinajstić information content (AvgIpc) is 3.15. The van der Waals surface area contributed by atoms with Gasteiger partial charge in [0.1, 0.15) is 0 Å². The van der Waals surface area contributed by atoms with Crippen LogP contribution in [0.1, 0.15) is 28.4 Å². The van der Waals surface area contributed by atoms with E-state index in [-0.39, 0.29) is 6.03 Å². The van der Waals surface area contributed by atoms with E-state index in [0.717, 1.165) is 22.9 Å². The van der Waals surface area contributed by atoms with Gasteiger partial charge in [0.15, 0.2) is 11.6 Å². The Bertz CT molecular complexity index is 1040. The number of fused-ring (bicyclic) bond motifs is 1. The highest BCUT2D eigenvalue weighted by Gasteiger charge is 2.32. The van der Waals surface area contributed by atoms with Crippen LogP contribution < -0.4 is 5.32 Å². The Balaban J connectivity index is 1.68. The molecule has 1 atom stereocenters. The lowest BCUT2D eigenvalue weighted by molar-refractivity contribution is 0.181. The van der Waals surface area contributed by atoms with Gasteiger partial charge >= 0.3 is 6.03 Å². The number of rotatable bonds is 2. The van der Waals surface area contributed by atoms with E-state index < -0.39 is 17.7 Å². The smallest absolute Gasteiger partial charge is 0.322 e. The highest BCUT2D eigenvalue weighted by molar-refractivity contribution is 5.90. The molecule has 3 aromatic rings. The van der Waals surface area contributed by atoms with E-state index >= 15 is 0 Å². The van der Waals surface area contributed by atoms with Gasteiger partial charge in [0.2, 0.25) is 0 Å². The Morgan fingerprint density at radius 2 is 1.82 bits per heavy atom. The highest BCUT2D eigenvalue weighted by atomic mass is 19.2. The molecular weight excluding hydrogens is 360 g/mol. The summed E-state index contributed by atoms with van der Waals surface area (Å²) in [6.45, 7) is 5.10. The van der Waals surface area contributed by atoms with Gasteiger partial charge in [0, 0.05) is 30.7 Å². The Hall–Kier alpha value is -3.15. The van der Waals surface area contributed by atoms with Gasteiger partial charge in [0.05, 0.1) is 6.04 Å². The molecule has 28 heavy (non-hydrogen) atoms. The van der Waals surface area contributed by atoms with Crippen molar-refractivity contribution in [3.05, 3.63) is 88.7 Å². The zero-order chi connectivity index (χ0) is 19.8. The minimum atomic E-state index is -0.921. The van der Waals surface area contributed by atoms with Crippen LogP contribution in [0.4, 0.5) is 19.3 Å². The van der Waals surface area contributed by atoms with Crippen LogP contribution in [0.5, 0.6) is 0 Å². The zero-order valence-electron chi connectivity index (χ0n) is 15.7. The van der Waals surface area contributed by atoms with Crippen molar-refractivity contribution in [1.82, 2.24) is 9.47 Å². The quantitative estimate of drug-likeness (QED) is 0.665. The fraction of sp³-hybridized carbons (Fsp3) is 0.227. The minimum absolute atomic E-state index is 0.273. The van der Waals surface area contributed by atoms with Crippen LogP contribution >= 0.6 is 0 Å². The van der Waals surface area contributed by atoms with E-state index in [2.05, 4.69) is 5.32 Å². The maximum Gasteiger partial charge on any atom is 0.322 e. The second kappa shape index (κ2) is 7.11. The predicted octanol–water partition coefficient (Wildman–Crippen LogP) is 5.02. The van der Waals surface area contributed by atoms with Gasteiger partial charge in [-0.05, 0) is 66.9 Å². The third-order valence-corrected chi connectivity index (χ3v) is 5.32. The summed E-state index contributed by atoms with van der Waals surface area (Å²) in [4.78, 5) is 14.7. The van der Waals surface area contributed by atoms with Crippen LogP contribution in [0.15, 0.2) is 54.7 Å². The molecular formula is C22H21F2N3O. The number of hydrogen-bond donors (Lipinski definition) is 1. The Labute approximate surface area is 162 Å². The van der Waals surface area contributed by atoms with Crippen molar-refractivity contribution < 1.29 is 13.6 Å². The molecule has 0 bridgehead atoms. The number of aryl methyl sites for hydroxylation is 2. The van der Waals surface area contributed by atoms with Crippen LogP contribution in [0, 0.1) is 25.5 Å². The van der Waals surface area contributed by atoms with Crippen molar-refractivity contribution in [3.63, 3.8) is 0 Å². The SMILES string of the molecule is Cc1ccc(NC(=O)N2CCn3cccc3C2c2ccc(F)c(F)c2)cc1C. The molecule has 144 valence electrons. The molecule has 1 aromatic heterocycles. The molecule has 0 spiro atoms. The molecule has 2 heterocycles. The van der Waals surface area contributed by atoms with Crippen LogP contribution in [-0.2, 0) is 6.54 Å². The lowest BCUT2D eigenvalue weighted by atomic mass is 10.00. The minimum Gasteiger partial charge on any atom is -0.348 e. The molecule has 1 N–H and O–H groups in total. The molecule has 4 nitrogen and oxygen atoms in total. The predicted molar refractivity (Wildman–Crippen MR) is 104 cm³/mol.